The second-order valence-electron chi connectivity index (χ2n) is 4.50. The highest BCUT2D eigenvalue weighted by Crippen LogP contribution is 2.41. The first kappa shape index (κ1) is 8.62. The molecule has 2 saturated heterocycles. The maximum Gasteiger partial charge on any atom is 0.218 e. The molecule has 2 bridgehead atoms. The molecular weight excluding hydrogens is 180 g/mol. The van der Waals surface area contributed by atoms with E-state index in [1.54, 1.807) is 0 Å². The predicted molar refractivity (Wildman–Crippen MR) is 49.6 cm³/mol. The van der Waals surface area contributed by atoms with Crippen LogP contribution in [0.1, 0.15) is 19.8 Å². The summed E-state index contributed by atoms with van der Waals surface area (Å²) in [5, 5.41) is 0. The highest BCUT2D eigenvalue weighted by atomic mass is 16.7. The quantitative estimate of drug-likeness (QED) is 0.545. The predicted octanol–water partition coefficient (Wildman–Crippen LogP) is 1.28. The number of allylic oxidation sites excluding steroid dienone is 2. The molecule has 0 spiro atoms. The summed E-state index contributed by atoms with van der Waals surface area (Å²) < 4.78 is 10.8. The second kappa shape index (κ2) is 2.91. The molecule has 4 atom stereocenters. The van der Waals surface area contributed by atoms with Crippen LogP contribution < -0.4 is 0 Å². The molecule has 3 nitrogen and oxygen atoms in total. The number of hydrogen-bond acceptors (Lipinski definition) is 3. The molecule has 0 saturated carbocycles. The molecule has 0 aromatic heterocycles. The second-order valence-corrected chi connectivity index (χ2v) is 4.50. The summed E-state index contributed by atoms with van der Waals surface area (Å²) in [6, 6.07) is 0. The number of rotatable bonds is 0. The summed E-state index contributed by atoms with van der Waals surface area (Å²) in [6.45, 7) is 2.70. The third-order valence-electron chi connectivity index (χ3n) is 3.58. The Labute approximate surface area is 83.1 Å². The minimum Gasteiger partial charge on any atom is -0.343 e. The molecule has 0 radical (unpaired) electrons. The standard InChI is InChI=1S/C11H14O3/c1-6-2-3-7-8(4-6)10(12)11-13-5-9(7)14-11/h2,7-9,11H,3-5H2,1H3/t7-,8-,9-,11+/m0/s1. The summed E-state index contributed by atoms with van der Waals surface area (Å²) in [6.07, 6.45) is 3.72. The zero-order chi connectivity index (χ0) is 9.71. The van der Waals surface area contributed by atoms with Crippen molar-refractivity contribution >= 4 is 5.78 Å². The lowest BCUT2D eigenvalue weighted by Crippen LogP contribution is -2.44. The fourth-order valence-electron chi connectivity index (χ4n) is 2.77. The van der Waals surface area contributed by atoms with E-state index >= 15 is 0 Å². The van der Waals surface area contributed by atoms with Crippen molar-refractivity contribution in [2.45, 2.75) is 32.2 Å². The number of hydrogen-bond donors (Lipinski definition) is 0. The first-order chi connectivity index (χ1) is 6.75. The molecule has 2 heterocycles. The Morgan fingerprint density at radius 1 is 1.50 bits per heavy atom. The first-order valence-electron chi connectivity index (χ1n) is 5.22. The number of carbonyl (C=O) groups is 1. The van der Waals surface area contributed by atoms with Crippen molar-refractivity contribution in [1.29, 1.82) is 0 Å². The van der Waals surface area contributed by atoms with Crippen LogP contribution in [0.15, 0.2) is 11.6 Å². The molecule has 14 heavy (non-hydrogen) atoms. The van der Waals surface area contributed by atoms with E-state index in [0.29, 0.717) is 12.5 Å². The Balaban J connectivity index is 1.93. The van der Waals surface area contributed by atoms with Gasteiger partial charge in [-0.25, -0.2) is 0 Å². The lowest BCUT2D eigenvalue weighted by atomic mass is 9.74. The Morgan fingerprint density at radius 3 is 3.21 bits per heavy atom. The molecule has 0 aromatic carbocycles. The molecule has 3 heteroatoms. The average Bonchev–Trinajstić information content (AvgIpc) is 2.61. The van der Waals surface area contributed by atoms with Gasteiger partial charge >= 0.3 is 0 Å². The van der Waals surface area contributed by atoms with Crippen molar-refractivity contribution in [3.05, 3.63) is 11.6 Å². The van der Waals surface area contributed by atoms with Gasteiger partial charge in [0.2, 0.25) is 6.29 Å². The SMILES string of the molecule is CC1=CC[C@@H]2[C@@H]3CO[C@H](O3)C(=O)[C@H]2C1. The van der Waals surface area contributed by atoms with Gasteiger partial charge in [0.05, 0.1) is 12.7 Å². The third kappa shape index (κ3) is 1.09. The monoisotopic (exact) mass is 194 g/mol. The molecule has 76 valence electrons. The van der Waals surface area contributed by atoms with Crippen LogP contribution in [0.5, 0.6) is 0 Å². The summed E-state index contributed by atoms with van der Waals surface area (Å²) in [5.41, 5.74) is 1.33. The maximum absolute atomic E-state index is 11.9. The number of carbonyl (C=O) groups excluding carboxylic acids is 1. The lowest BCUT2D eigenvalue weighted by molar-refractivity contribution is -0.165. The number of ether oxygens (including phenoxy) is 2. The average molecular weight is 194 g/mol. The molecule has 0 amide bonds. The molecule has 3 aliphatic rings. The fraction of sp³-hybridized carbons (Fsp3) is 0.727. The molecule has 2 fully saturated rings. The van der Waals surface area contributed by atoms with Crippen LogP contribution in [0, 0.1) is 11.8 Å². The summed E-state index contributed by atoms with van der Waals surface area (Å²) >= 11 is 0. The third-order valence-corrected chi connectivity index (χ3v) is 3.58. The fourth-order valence-corrected chi connectivity index (χ4v) is 2.77. The van der Waals surface area contributed by atoms with Crippen molar-refractivity contribution in [2.24, 2.45) is 11.8 Å². The van der Waals surface area contributed by atoms with Gasteiger partial charge in [-0.2, -0.15) is 0 Å². The smallest absolute Gasteiger partial charge is 0.218 e. The molecule has 0 aromatic rings. The van der Waals surface area contributed by atoms with Crippen molar-refractivity contribution < 1.29 is 14.3 Å². The van der Waals surface area contributed by atoms with Crippen LogP contribution >= 0.6 is 0 Å². The highest BCUT2D eigenvalue weighted by molar-refractivity contribution is 5.86. The van der Waals surface area contributed by atoms with Gasteiger partial charge in [-0.3, -0.25) is 4.79 Å². The molecule has 2 aliphatic heterocycles. The van der Waals surface area contributed by atoms with E-state index in [9.17, 15) is 4.79 Å². The van der Waals surface area contributed by atoms with E-state index in [2.05, 4.69) is 13.0 Å². The van der Waals surface area contributed by atoms with Gasteiger partial charge in [-0.1, -0.05) is 11.6 Å². The van der Waals surface area contributed by atoms with Gasteiger partial charge in [-0.15, -0.1) is 0 Å². The Morgan fingerprint density at radius 2 is 2.36 bits per heavy atom. The normalized spacial score (nSPS) is 46.1. The Kier molecular flexibility index (Phi) is 1.79. The van der Waals surface area contributed by atoms with Crippen LogP contribution in [-0.4, -0.2) is 24.8 Å². The highest BCUT2D eigenvalue weighted by Gasteiger charge is 2.49. The molecule has 0 unspecified atom stereocenters. The van der Waals surface area contributed by atoms with E-state index in [0.717, 1.165) is 12.8 Å². The molecular formula is C11H14O3. The van der Waals surface area contributed by atoms with E-state index in [1.165, 1.54) is 5.57 Å². The lowest BCUT2D eigenvalue weighted by Gasteiger charge is -2.36. The summed E-state index contributed by atoms with van der Waals surface area (Å²) in [5.74, 6) is 0.687. The zero-order valence-electron chi connectivity index (χ0n) is 8.23. The largest absolute Gasteiger partial charge is 0.343 e. The summed E-state index contributed by atoms with van der Waals surface area (Å²) in [7, 11) is 0. The van der Waals surface area contributed by atoms with Crippen molar-refractivity contribution in [3.63, 3.8) is 0 Å². The van der Waals surface area contributed by atoms with Gasteiger partial charge in [0.1, 0.15) is 0 Å². The van der Waals surface area contributed by atoms with E-state index < -0.39 is 6.29 Å². The maximum atomic E-state index is 11.9. The van der Waals surface area contributed by atoms with Gasteiger partial charge in [-0.05, 0) is 19.8 Å². The number of Topliss-reactive ketones (excluding diaryl/α,β-unsaturated/α-hetero) is 1. The number of fused-ring (bicyclic) bond motifs is 4. The van der Waals surface area contributed by atoms with Crippen LogP contribution in [0.25, 0.3) is 0 Å². The van der Waals surface area contributed by atoms with Gasteiger partial charge in [0.25, 0.3) is 0 Å². The van der Waals surface area contributed by atoms with Crippen LogP contribution in [0.4, 0.5) is 0 Å². The summed E-state index contributed by atoms with van der Waals surface area (Å²) in [4.78, 5) is 11.9. The van der Waals surface area contributed by atoms with Gasteiger partial charge in [0, 0.05) is 11.8 Å². The van der Waals surface area contributed by atoms with E-state index in [-0.39, 0.29) is 17.8 Å². The molecule has 0 N–H and O–H groups in total. The van der Waals surface area contributed by atoms with Crippen LogP contribution in [-0.2, 0) is 14.3 Å². The van der Waals surface area contributed by atoms with E-state index in [1.807, 2.05) is 0 Å². The Hall–Kier alpha value is -0.670. The molecule has 1 aliphatic carbocycles. The van der Waals surface area contributed by atoms with Crippen LogP contribution in [0.2, 0.25) is 0 Å². The number of ketones is 1. The topological polar surface area (TPSA) is 35.5 Å². The van der Waals surface area contributed by atoms with Crippen LogP contribution in [0.3, 0.4) is 0 Å². The Bertz CT molecular complexity index is 308. The van der Waals surface area contributed by atoms with E-state index in [4.69, 9.17) is 9.47 Å². The van der Waals surface area contributed by atoms with Gasteiger partial charge < -0.3 is 9.47 Å². The van der Waals surface area contributed by atoms with Gasteiger partial charge in [0.15, 0.2) is 5.78 Å². The van der Waals surface area contributed by atoms with Crippen molar-refractivity contribution in [1.82, 2.24) is 0 Å². The minimum atomic E-state index is -0.549. The van der Waals surface area contributed by atoms with Crippen molar-refractivity contribution in [3.8, 4) is 0 Å². The molecule has 3 rings (SSSR count). The van der Waals surface area contributed by atoms with Crippen molar-refractivity contribution in [2.75, 3.05) is 6.61 Å². The first-order valence-corrected chi connectivity index (χ1v) is 5.22. The zero-order valence-corrected chi connectivity index (χ0v) is 8.23. The minimum absolute atomic E-state index is 0.159.